The molecule has 0 aliphatic carbocycles. The van der Waals surface area contributed by atoms with Crippen molar-refractivity contribution in [3.8, 4) is 11.4 Å². The van der Waals surface area contributed by atoms with Gasteiger partial charge in [-0.1, -0.05) is 17.3 Å². The largest absolute Gasteiger partial charge is 0.339 e. The highest BCUT2D eigenvalue weighted by molar-refractivity contribution is 5.58. The fraction of sp³-hybridized carbons (Fsp3) is 0.385. The van der Waals surface area contributed by atoms with E-state index in [2.05, 4.69) is 22.4 Å². The van der Waals surface area contributed by atoms with Gasteiger partial charge in [-0.15, -0.1) is 0 Å². The van der Waals surface area contributed by atoms with Crippen LogP contribution in [0.3, 0.4) is 0 Å². The van der Waals surface area contributed by atoms with Crippen LogP contribution in [0.1, 0.15) is 25.2 Å². The lowest BCUT2D eigenvalue weighted by Gasteiger charge is -2.08. The molecule has 2 heterocycles. The number of aromatic nitrogens is 2. The number of hydrogen-bond acceptors (Lipinski definition) is 6. The highest BCUT2D eigenvalue weighted by atomic mass is 16.6. The van der Waals surface area contributed by atoms with Gasteiger partial charge in [-0.25, -0.2) is 0 Å². The molecule has 0 saturated carbocycles. The third kappa shape index (κ3) is 2.27. The zero-order chi connectivity index (χ0) is 14.1. The molecule has 1 aliphatic heterocycles. The second-order valence-corrected chi connectivity index (χ2v) is 4.90. The fourth-order valence-electron chi connectivity index (χ4n) is 2.46. The maximum atomic E-state index is 10.8. The second-order valence-electron chi connectivity index (χ2n) is 4.90. The van der Waals surface area contributed by atoms with E-state index in [0.29, 0.717) is 23.3 Å². The van der Waals surface area contributed by atoms with Crippen LogP contribution in [0.2, 0.25) is 0 Å². The number of nitro benzene ring substituents is 1. The molecule has 7 nitrogen and oxygen atoms in total. The molecule has 2 unspecified atom stereocenters. The molecule has 0 bridgehead atoms. The summed E-state index contributed by atoms with van der Waals surface area (Å²) in [6.45, 7) is 3.01. The Morgan fingerprint density at radius 2 is 2.35 bits per heavy atom. The van der Waals surface area contributed by atoms with Gasteiger partial charge in [0, 0.05) is 23.7 Å². The molecule has 0 spiro atoms. The van der Waals surface area contributed by atoms with E-state index in [0.717, 1.165) is 13.0 Å². The first-order valence-corrected chi connectivity index (χ1v) is 6.47. The Morgan fingerprint density at radius 1 is 1.50 bits per heavy atom. The summed E-state index contributed by atoms with van der Waals surface area (Å²) in [7, 11) is 0. The molecule has 1 fully saturated rings. The zero-order valence-corrected chi connectivity index (χ0v) is 10.9. The van der Waals surface area contributed by atoms with Crippen molar-refractivity contribution in [2.75, 3.05) is 6.54 Å². The summed E-state index contributed by atoms with van der Waals surface area (Å²) in [5, 5.41) is 18.0. The predicted octanol–water partition coefficient (Wildman–Crippen LogP) is 2.11. The molecule has 1 aromatic carbocycles. The first kappa shape index (κ1) is 12.7. The molecular weight excluding hydrogens is 260 g/mol. The monoisotopic (exact) mass is 274 g/mol. The number of non-ortho nitro benzene ring substituents is 1. The summed E-state index contributed by atoms with van der Waals surface area (Å²) < 4.78 is 5.30. The quantitative estimate of drug-likeness (QED) is 0.680. The maximum absolute atomic E-state index is 10.8. The molecule has 104 valence electrons. The van der Waals surface area contributed by atoms with Crippen molar-refractivity contribution >= 4 is 5.69 Å². The van der Waals surface area contributed by atoms with Gasteiger partial charge in [-0.3, -0.25) is 10.1 Å². The van der Waals surface area contributed by atoms with Crippen molar-refractivity contribution in [3.63, 3.8) is 0 Å². The van der Waals surface area contributed by atoms with Crippen molar-refractivity contribution < 1.29 is 9.45 Å². The van der Waals surface area contributed by atoms with Gasteiger partial charge in [-0.05, 0) is 19.9 Å². The third-order valence-electron chi connectivity index (χ3n) is 3.60. The van der Waals surface area contributed by atoms with E-state index in [1.54, 1.807) is 12.1 Å². The lowest BCUT2D eigenvalue weighted by Crippen LogP contribution is -2.21. The van der Waals surface area contributed by atoms with E-state index in [1.165, 1.54) is 12.1 Å². The van der Waals surface area contributed by atoms with Crippen LogP contribution >= 0.6 is 0 Å². The molecule has 2 aromatic rings. The minimum atomic E-state index is -0.437. The number of nitrogens with one attached hydrogen (secondary N) is 1. The Hall–Kier alpha value is -2.28. The fourth-order valence-corrected chi connectivity index (χ4v) is 2.46. The van der Waals surface area contributed by atoms with E-state index in [9.17, 15) is 10.1 Å². The smallest absolute Gasteiger partial charge is 0.270 e. The predicted molar refractivity (Wildman–Crippen MR) is 71.2 cm³/mol. The number of nitro groups is 1. The van der Waals surface area contributed by atoms with E-state index in [4.69, 9.17) is 4.52 Å². The average molecular weight is 274 g/mol. The Labute approximate surface area is 115 Å². The van der Waals surface area contributed by atoms with Gasteiger partial charge in [0.15, 0.2) is 0 Å². The van der Waals surface area contributed by atoms with Gasteiger partial charge in [-0.2, -0.15) is 4.98 Å². The van der Waals surface area contributed by atoms with E-state index >= 15 is 0 Å². The van der Waals surface area contributed by atoms with Gasteiger partial charge in [0.1, 0.15) is 0 Å². The van der Waals surface area contributed by atoms with Crippen LogP contribution in [0.5, 0.6) is 0 Å². The highest BCUT2D eigenvalue weighted by Gasteiger charge is 2.29. The van der Waals surface area contributed by atoms with Crippen molar-refractivity contribution in [2.24, 2.45) is 0 Å². The summed E-state index contributed by atoms with van der Waals surface area (Å²) in [5.74, 6) is 1.18. The van der Waals surface area contributed by atoms with Crippen LogP contribution in [0.4, 0.5) is 5.69 Å². The van der Waals surface area contributed by atoms with Gasteiger partial charge in [0.25, 0.3) is 5.69 Å². The van der Waals surface area contributed by atoms with E-state index in [-0.39, 0.29) is 11.6 Å². The number of rotatable bonds is 3. The average Bonchev–Trinajstić information content (AvgIpc) is 3.07. The number of hydrogen-bond donors (Lipinski definition) is 1. The first-order valence-electron chi connectivity index (χ1n) is 6.47. The molecule has 1 aliphatic rings. The summed E-state index contributed by atoms with van der Waals surface area (Å²) in [6.07, 6.45) is 0.956. The Kier molecular flexibility index (Phi) is 3.19. The molecule has 7 heteroatoms. The van der Waals surface area contributed by atoms with Crippen LogP contribution in [0.25, 0.3) is 11.4 Å². The molecule has 0 amide bonds. The normalized spacial score (nSPS) is 22.1. The Bertz CT molecular complexity index is 640. The van der Waals surface area contributed by atoms with Gasteiger partial charge >= 0.3 is 0 Å². The standard InChI is InChI=1S/C13H14N4O3/c1-8-11(5-6-14-8)13-15-12(16-20-13)9-3-2-4-10(7-9)17(18)19/h2-4,7-8,11,14H,5-6H2,1H3. The zero-order valence-electron chi connectivity index (χ0n) is 10.9. The number of nitrogens with zero attached hydrogens (tertiary/aromatic N) is 3. The van der Waals surface area contributed by atoms with E-state index < -0.39 is 4.92 Å². The van der Waals surface area contributed by atoms with Crippen molar-refractivity contribution in [3.05, 3.63) is 40.3 Å². The lowest BCUT2D eigenvalue weighted by molar-refractivity contribution is -0.384. The molecule has 1 saturated heterocycles. The maximum Gasteiger partial charge on any atom is 0.270 e. The molecule has 3 rings (SSSR count). The van der Waals surface area contributed by atoms with E-state index in [1.807, 2.05) is 0 Å². The van der Waals surface area contributed by atoms with Crippen molar-refractivity contribution in [1.29, 1.82) is 0 Å². The van der Waals surface area contributed by atoms with Crippen LogP contribution < -0.4 is 5.32 Å². The number of benzene rings is 1. The van der Waals surface area contributed by atoms with Crippen LogP contribution in [-0.2, 0) is 0 Å². The SMILES string of the molecule is CC1NCCC1c1nc(-c2cccc([N+](=O)[O-])c2)no1. The van der Waals surface area contributed by atoms with Crippen molar-refractivity contribution in [2.45, 2.75) is 25.3 Å². The lowest BCUT2D eigenvalue weighted by atomic mass is 10.0. The molecule has 20 heavy (non-hydrogen) atoms. The minimum absolute atomic E-state index is 0.0183. The topological polar surface area (TPSA) is 94.1 Å². The molecule has 0 radical (unpaired) electrons. The first-order chi connectivity index (χ1) is 9.65. The van der Waals surface area contributed by atoms with Gasteiger partial charge in [0.05, 0.1) is 10.8 Å². The summed E-state index contributed by atoms with van der Waals surface area (Å²) in [6, 6.07) is 6.54. The molecule has 1 aromatic heterocycles. The molecule has 2 atom stereocenters. The van der Waals surface area contributed by atoms with Crippen LogP contribution in [0, 0.1) is 10.1 Å². The summed E-state index contributed by atoms with van der Waals surface area (Å²) >= 11 is 0. The Balaban J connectivity index is 1.90. The van der Waals surface area contributed by atoms with Crippen molar-refractivity contribution in [1.82, 2.24) is 15.5 Å². The van der Waals surface area contributed by atoms with Crippen LogP contribution in [0.15, 0.2) is 28.8 Å². The Morgan fingerprint density at radius 3 is 3.05 bits per heavy atom. The van der Waals surface area contributed by atoms with Crippen LogP contribution in [-0.4, -0.2) is 27.7 Å². The molecule has 1 N–H and O–H groups in total. The molecular formula is C13H14N4O3. The van der Waals surface area contributed by atoms with Gasteiger partial charge in [0.2, 0.25) is 11.7 Å². The minimum Gasteiger partial charge on any atom is -0.339 e. The highest BCUT2D eigenvalue weighted by Crippen LogP contribution is 2.28. The van der Waals surface area contributed by atoms with Gasteiger partial charge < -0.3 is 9.84 Å². The summed E-state index contributed by atoms with van der Waals surface area (Å²) in [5.41, 5.74) is 0.609. The third-order valence-corrected chi connectivity index (χ3v) is 3.60. The summed E-state index contributed by atoms with van der Waals surface area (Å²) in [4.78, 5) is 14.7. The second kappa shape index (κ2) is 5.01.